The first-order chi connectivity index (χ1) is 15.0. The zero-order valence-electron chi connectivity index (χ0n) is 18.0. The van der Waals surface area contributed by atoms with E-state index in [1.165, 1.54) is 4.88 Å². The van der Waals surface area contributed by atoms with Crippen LogP contribution in [0.2, 0.25) is 10.0 Å². The lowest BCUT2D eigenvalue weighted by atomic mass is 10.0. The number of thiophene rings is 1. The molecule has 0 radical (unpaired) electrons. The predicted octanol–water partition coefficient (Wildman–Crippen LogP) is 4.20. The van der Waals surface area contributed by atoms with Gasteiger partial charge in [0.2, 0.25) is 0 Å². The number of anilines is 1. The summed E-state index contributed by atoms with van der Waals surface area (Å²) in [6.45, 7) is 8.30. The lowest BCUT2D eigenvalue weighted by Gasteiger charge is -2.41. The number of pyridine rings is 1. The topological polar surface area (TPSA) is 87.0 Å². The van der Waals surface area contributed by atoms with Gasteiger partial charge in [0.15, 0.2) is 5.84 Å². The van der Waals surface area contributed by atoms with Crippen LogP contribution in [0.25, 0.3) is 0 Å². The highest BCUT2D eigenvalue weighted by Crippen LogP contribution is 2.35. The highest BCUT2D eigenvalue weighted by atomic mass is 35.5. The molecule has 0 aromatic carbocycles. The van der Waals surface area contributed by atoms with Crippen molar-refractivity contribution in [2.45, 2.75) is 32.7 Å². The monoisotopic (exact) mass is 483 g/mol. The molecular weight excluding hydrogens is 453 g/mol. The molecule has 0 spiro atoms. The Hall–Kier alpha value is -1.58. The van der Waals surface area contributed by atoms with Crippen molar-refractivity contribution in [1.29, 1.82) is 0 Å². The highest BCUT2D eigenvalue weighted by Gasteiger charge is 2.33. The third-order valence-electron chi connectivity index (χ3n) is 5.87. The summed E-state index contributed by atoms with van der Waals surface area (Å²) < 4.78 is 0. The van der Waals surface area contributed by atoms with Gasteiger partial charge in [0.05, 0.1) is 15.7 Å². The maximum Gasteiger partial charge on any atom is 0.161 e. The van der Waals surface area contributed by atoms with Crippen molar-refractivity contribution in [2.75, 3.05) is 37.6 Å². The fourth-order valence-corrected chi connectivity index (χ4v) is 5.27. The normalized spacial score (nSPS) is 17.6. The number of hydrogen-bond donors (Lipinski definition) is 2. The molecule has 0 saturated carbocycles. The van der Waals surface area contributed by atoms with E-state index in [-0.39, 0.29) is 6.04 Å². The van der Waals surface area contributed by atoms with E-state index in [2.05, 4.69) is 45.2 Å². The Morgan fingerprint density at radius 1 is 1.26 bits per heavy atom. The zero-order chi connectivity index (χ0) is 22.4. The molecule has 170 valence electrons. The molecule has 0 aliphatic carbocycles. The van der Waals surface area contributed by atoms with Gasteiger partial charge in [-0.3, -0.25) is 14.9 Å². The van der Waals surface area contributed by atoms with Crippen LogP contribution in [0.15, 0.2) is 35.0 Å². The molecule has 1 saturated heterocycles. The number of nitrogens with two attached hydrogens (primary N) is 2. The van der Waals surface area contributed by atoms with E-state index in [9.17, 15) is 0 Å². The molecule has 7 nitrogen and oxygen atoms in total. The van der Waals surface area contributed by atoms with Crippen molar-refractivity contribution >= 4 is 46.1 Å². The summed E-state index contributed by atoms with van der Waals surface area (Å²) in [6.07, 6.45) is 5.38. The summed E-state index contributed by atoms with van der Waals surface area (Å²) in [5.41, 5.74) is 0.840. The fraction of sp³-hybridized carbons (Fsp3) is 0.524. The van der Waals surface area contributed by atoms with Crippen LogP contribution in [-0.2, 0) is 0 Å². The van der Waals surface area contributed by atoms with Crippen molar-refractivity contribution in [3.8, 4) is 0 Å². The van der Waals surface area contributed by atoms with E-state index < -0.39 is 0 Å². The fourth-order valence-electron chi connectivity index (χ4n) is 3.81. The third kappa shape index (κ3) is 5.81. The summed E-state index contributed by atoms with van der Waals surface area (Å²) in [5, 5.41) is 9.08. The number of nitrogens with zero attached hydrogens (tertiary/aromatic N) is 5. The second-order valence-electron chi connectivity index (χ2n) is 7.88. The molecule has 2 aromatic rings. The van der Waals surface area contributed by atoms with Gasteiger partial charge in [0.1, 0.15) is 6.04 Å². The van der Waals surface area contributed by atoms with E-state index >= 15 is 0 Å². The molecule has 1 fully saturated rings. The molecule has 2 unspecified atom stereocenters. The van der Waals surface area contributed by atoms with Gasteiger partial charge in [-0.05, 0) is 23.8 Å². The Morgan fingerprint density at radius 2 is 1.94 bits per heavy atom. The van der Waals surface area contributed by atoms with Crippen molar-refractivity contribution in [1.82, 2.24) is 14.9 Å². The average Bonchev–Trinajstić information content (AvgIpc) is 3.30. The Morgan fingerprint density at radius 3 is 2.48 bits per heavy atom. The van der Waals surface area contributed by atoms with Gasteiger partial charge in [-0.25, -0.2) is 5.84 Å². The quantitative estimate of drug-likeness (QED) is 0.253. The lowest BCUT2D eigenvalue weighted by Crippen LogP contribution is -2.53. The van der Waals surface area contributed by atoms with Gasteiger partial charge < -0.3 is 10.7 Å². The number of halogens is 2. The van der Waals surface area contributed by atoms with E-state index in [0.29, 0.717) is 21.8 Å². The molecule has 4 N–H and O–H groups in total. The van der Waals surface area contributed by atoms with Gasteiger partial charge >= 0.3 is 0 Å². The maximum atomic E-state index is 6.45. The van der Waals surface area contributed by atoms with Gasteiger partial charge in [0.25, 0.3) is 0 Å². The van der Waals surface area contributed by atoms with Crippen LogP contribution in [0.5, 0.6) is 0 Å². The molecule has 1 aliphatic rings. The second-order valence-corrected chi connectivity index (χ2v) is 9.67. The first-order valence-corrected chi connectivity index (χ1v) is 12.2. The summed E-state index contributed by atoms with van der Waals surface area (Å²) >= 11 is 14.4. The molecule has 10 heteroatoms. The smallest absolute Gasteiger partial charge is 0.161 e. The first-order valence-electron chi connectivity index (χ1n) is 10.6. The molecular formula is C21H31Cl2N7S. The molecule has 31 heavy (non-hydrogen) atoms. The first kappa shape index (κ1) is 24.1. The van der Waals surface area contributed by atoms with Crippen molar-refractivity contribution < 1.29 is 0 Å². The minimum Gasteiger partial charge on any atom is -0.366 e. The minimum absolute atomic E-state index is 0.0857. The number of piperazine rings is 1. The summed E-state index contributed by atoms with van der Waals surface area (Å²) in [5.74, 6) is 13.6. The van der Waals surface area contributed by atoms with Crippen LogP contribution in [0.1, 0.15) is 37.6 Å². The molecule has 3 rings (SSSR count). The minimum atomic E-state index is -0.0857. The second kappa shape index (κ2) is 11.3. The molecule has 0 amide bonds. The van der Waals surface area contributed by atoms with Gasteiger partial charge in [0, 0.05) is 50.0 Å². The molecule has 2 aromatic heterocycles. The summed E-state index contributed by atoms with van der Waals surface area (Å²) in [7, 11) is 0. The largest absolute Gasteiger partial charge is 0.366 e. The predicted molar refractivity (Wildman–Crippen MR) is 132 cm³/mol. The standard InChI is InChI=1S/C21H31Cl2N7S/c1-3-15(2)6-7-30(25)21(27-24)20(18-5-4-12-31-18)29-10-8-28(9-11-29)19-16(22)13-26-14-17(19)23/h4-5,12-15,20H,3,6-11,24-25H2,1-2H3/b27-21-. The summed E-state index contributed by atoms with van der Waals surface area (Å²) in [6, 6.07) is 4.08. The highest BCUT2D eigenvalue weighted by molar-refractivity contribution is 7.10. The number of amidine groups is 1. The van der Waals surface area contributed by atoms with Crippen molar-refractivity contribution in [3.05, 3.63) is 44.8 Å². The zero-order valence-corrected chi connectivity index (χ0v) is 20.4. The Kier molecular flexibility index (Phi) is 8.80. The number of aromatic nitrogens is 1. The van der Waals surface area contributed by atoms with E-state index in [0.717, 1.165) is 51.3 Å². The Balaban J connectivity index is 1.76. The molecule has 3 heterocycles. The van der Waals surface area contributed by atoms with Gasteiger partial charge in [-0.15, -0.1) is 11.3 Å². The Labute approximate surface area is 198 Å². The average molecular weight is 485 g/mol. The van der Waals surface area contributed by atoms with Crippen LogP contribution in [-0.4, -0.2) is 53.5 Å². The molecule has 0 bridgehead atoms. The van der Waals surface area contributed by atoms with Crippen LogP contribution in [0.4, 0.5) is 5.69 Å². The number of hydrogen-bond acceptors (Lipinski definition) is 7. The number of hydrazine groups is 1. The summed E-state index contributed by atoms with van der Waals surface area (Å²) in [4.78, 5) is 9.81. The molecule has 2 atom stereocenters. The van der Waals surface area contributed by atoms with Crippen molar-refractivity contribution in [2.24, 2.45) is 22.7 Å². The van der Waals surface area contributed by atoms with Gasteiger partial charge in [-0.2, -0.15) is 5.10 Å². The third-order valence-corrected chi connectivity index (χ3v) is 7.35. The van der Waals surface area contributed by atoms with E-state index in [1.54, 1.807) is 28.7 Å². The van der Waals surface area contributed by atoms with Crippen molar-refractivity contribution in [3.63, 3.8) is 0 Å². The maximum absolute atomic E-state index is 6.45. The Bertz CT molecular complexity index is 833. The van der Waals surface area contributed by atoms with Crippen LogP contribution >= 0.6 is 34.5 Å². The van der Waals surface area contributed by atoms with Crippen LogP contribution in [0.3, 0.4) is 0 Å². The van der Waals surface area contributed by atoms with E-state index in [4.69, 9.17) is 34.9 Å². The number of rotatable bonds is 8. The molecule has 1 aliphatic heterocycles. The van der Waals surface area contributed by atoms with Crippen LogP contribution in [0, 0.1) is 5.92 Å². The van der Waals surface area contributed by atoms with E-state index in [1.807, 2.05) is 6.07 Å². The lowest BCUT2D eigenvalue weighted by molar-refractivity contribution is 0.215. The SMILES string of the molecule is CCC(C)CCN(N)/C(=N\N)C(c1cccs1)N1CCN(c2c(Cl)cncc2Cl)CC1. The van der Waals surface area contributed by atoms with Crippen LogP contribution < -0.4 is 16.6 Å². The van der Waals surface area contributed by atoms with Gasteiger partial charge in [-0.1, -0.05) is 49.5 Å². The number of hydrazone groups is 1.